The summed E-state index contributed by atoms with van der Waals surface area (Å²) in [5.74, 6) is 1.83. The summed E-state index contributed by atoms with van der Waals surface area (Å²) in [5.41, 5.74) is 2.31. The average molecular weight is 478 g/mol. The second-order valence-electron chi connectivity index (χ2n) is 9.64. The number of benzene rings is 2. The maximum atomic E-state index is 15.1. The maximum absolute atomic E-state index is 15.1. The fraction of sp³-hybridized carbons (Fsp3) is 0.370. The molecule has 2 aliphatic rings. The van der Waals surface area contributed by atoms with E-state index in [9.17, 15) is 5.11 Å². The number of aromatic amines is 1. The first-order chi connectivity index (χ1) is 17.0. The minimum atomic E-state index is -0.413. The third-order valence-corrected chi connectivity index (χ3v) is 7.50. The molecule has 8 heteroatoms. The number of aromatic nitrogens is 2. The number of hydrogen-bond acceptors (Lipinski definition) is 6. The number of hydrogen-bond donors (Lipinski definition) is 3. The van der Waals surface area contributed by atoms with Crippen LogP contribution >= 0.6 is 0 Å². The molecule has 7 nitrogen and oxygen atoms in total. The maximum Gasteiger partial charge on any atom is 0.175 e. The summed E-state index contributed by atoms with van der Waals surface area (Å²) in [7, 11) is 1.59. The van der Waals surface area contributed by atoms with Gasteiger partial charge in [-0.15, -0.1) is 0 Å². The van der Waals surface area contributed by atoms with Crippen LogP contribution in [-0.2, 0) is 0 Å². The molecule has 0 amide bonds. The fourth-order valence-electron chi connectivity index (χ4n) is 5.46. The second kappa shape index (κ2) is 8.39. The highest BCUT2D eigenvalue weighted by molar-refractivity contribution is 5.89. The molecule has 3 heterocycles. The van der Waals surface area contributed by atoms with Gasteiger partial charge in [0.15, 0.2) is 23.1 Å². The lowest BCUT2D eigenvalue weighted by molar-refractivity contribution is 0.122. The minimum Gasteiger partial charge on any atom is -0.493 e. The monoisotopic (exact) mass is 477 g/mol. The molecule has 2 aromatic heterocycles. The van der Waals surface area contributed by atoms with Gasteiger partial charge >= 0.3 is 0 Å². The van der Waals surface area contributed by atoms with E-state index >= 15 is 4.39 Å². The van der Waals surface area contributed by atoms with Crippen molar-refractivity contribution in [3.05, 3.63) is 54.1 Å². The molecule has 0 radical (unpaired) electrons. The number of ether oxygens (including phenoxy) is 3. The Kier molecular flexibility index (Phi) is 5.30. The molecule has 1 saturated heterocycles. The lowest BCUT2D eigenvalue weighted by atomic mass is 9.99. The lowest BCUT2D eigenvalue weighted by Gasteiger charge is -2.15. The van der Waals surface area contributed by atoms with E-state index in [1.165, 1.54) is 0 Å². The van der Waals surface area contributed by atoms with E-state index < -0.39 is 5.82 Å². The molecule has 1 spiro atoms. The first-order valence-corrected chi connectivity index (χ1v) is 11.9. The number of aliphatic hydroxyl groups excluding tert-OH is 1. The van der Waals surface area contributed by atoms with Crippen LogP contribution in [0.15, 0.2) is 42.6 Å². The van der Waals surface area contributed by atoms with Crippen molar-refractivity contribution in [2.24, 2.45) is 11.3 Å². The largest absolute Gasteiger partial charge is 0.493 e. The predicted molar refractivity (Wildman–Crippen MR) is 131 cm³/mol. The third-order valence-electron chi connectivity index (χ3n) is 7.50. The van der Waals surface area contributed by atoms with E-state index in [0.717, 1.165) is 30.6 Å². The highest BCUT2D eigenvalue weighted by Gasteiger charge is 2.60. The summed E-state index contributed by atoms with van der Waals surface area (Å²) in [6, 6.07) is 10.5. The van der Waals surface area contributed by atoms with Crippen molar-refractivity contribution < 1.29 is 23.7 Å². The van der Waals surface area contributed by atoms with Gasteiger partial charge in [-0.3, -0.25) is 4.98 Å². The molecule has 2 fully saturated rings. The Morgan fingerprint density at radius 2 is 2.00 bits per heavy atom. The zero-order valence-electron chi connectivity index (χ0n) is 19.7. The molecule has 2 aromatic carbocycles. The quantitative estimate of drug-likeness (QED) is 0.358. The van der Waals surface area contributed by atoms with Crippen molar-refractivity contribution in [2.45, 2.75) is 25.9 Å². The molecule has 1 aliphatic carbocycles. The number of halogens is 1. The normalized spacial score (nSPS) is 23.3. The molecule has 1 aliphatic heterocycles. The van der Waals surface area contributed by atoms with Gasteiger partial charge in [0, 0.05) is 52.8 Å². The van der Waals surface area contributed by atoms with Crippen molar-refractivity contribution in [2.75, 3.05) is 26.8 Å². The lowest BCUT2D eigenvalue weighted by Crippen LogP contribution is -2.21. The molecule has 1 saturated carbocycles. The Bertz CT molecular complexity index is 1420. The number of nitrogens with zero attached hydrogens (tertiary/aromatic N) is 1. The van der Waals surface area contributed by atoms with Crippen LogP contribution in [0.2, 0.25) is 0 Å². The number of β-amino-alcohol motifs (C(OH)–C–C–N with tert-alkyl or cyclic N) is 1. The first-order valence-electron chi connectivity index (χ1n) is 11.9. The summed E-state index contributed by atoms with van der Waals surface area (Å²) in [6.45, 7) is 3.97. The first kappa shape index (κ1) is 22.1. The van der Waals surface area contributed by atoms with Crippen molar-refractivity contribution in [1.82, 2.24) is 15.3 Å². The van der Waals surface area contributed by atoms with Crippen molar-refractivity contribution in [3.63, 3.8) is 0 Å². The fourth-order valence-corrected chi connectivity index (χ4v) is 5.46. The number of nitrogens with one attached hydrogen (secondary N) is 2. The highest BCUT2D eigenvalue weighted by Crippen LogP contribution is 2.58. The number of rotatable bonds is 7. The summed E-state index contributed by atoms with van der Waals surface area (Å²) in [6.07, 6.45) is 3.27. The van der Waals surface area contributed by atoms with E-state index in [2.05, 4.69) is 15.3 Å². The molecule has 182 valence electrons. The van der Waals surface area contributed by atoms with Gasteiger partial charge in [-0.1, -0.05) is 0 Å². The SMILES string of the molecule is COc1cc2c(Oc3ccc4[nH]c(C)cc4c3F)ccnc2cc1OCC[C@H]1CC12CNCC2O. The number of fused-ring (bicyclic) bond motifs is 2. The number of methoxy groups -OCH3 is 1. The van der Waals surface area contributed by atoms with Gasteiger partial charge < -0.3 is 29.6 Å². The van der Waals surface area contributed by atoms with Gasteiger partial charge in [-0.25, -0.2) is 4.39 Å². The van der Waals surface area contributed by atoms with Crippen LogP contribution in [0.25, 0.3) is 21.8 Å². The standard InChI is InChI=1S/C27H28FN3O4/c1-15-9-18-19(31-15)3-4-22(26(18)28)35-21-5-7-30-20-11-24(23(33-2)10-17(20)21)34-8-6-16-12-27(16)14-29-13-25(27)32/h3-5,7,9-11,16,25,29,31-32H,6,8,12-14H2,1-2H3/t16-,25?,27?/m0/s1. The van der Waals surface area contributed by atoms with Crippen LogP contribution in [-0.4, -0.2) is 48.0 Å². The van der Waals surface area contributed by atoms with Crippen LogP contribution in [0.4, 0.5) is 4.39 Å². The second-order valence-corrected chi connectivity index (χ2v) is 9.64. The minimum absolute atomic E-state index is 0.0298. The van der Waals surface area contributed by atoms with E-state index in [1.807, 2.05) is 19.1 Å². The molecule has 3 N–H and O–H groups in total. The molecule has 0 bridgehead atoms. The Morgan fingerprint density at radius 3 is 2.80 bits per heavy atom. The molecule has 2 unspecified atom stereocenters. The van der Waals surface area contributed by atoms with E-state index in [-0.39, 0.29) is 17.3 Å². The van der Waals surface area contributed by atoms with Gasteiger partial charge in [-0.2, -0.15) is 0 Å². The van der Waals surface area contributed by atoms with E-state index in [1.54, 1.807) is 37.6 Å². The summed E-state index contributed by atoms with van der Waals surface area (Å²) >= 11 is 0. The Hall–Kier alpha value is -3.36. The van der Waals surface area contributed by atoms with Crippen molar-refractivity contribution >= 4 is 21.8 Å². The van der Waals surface area contributed by atoms with Gasteiger partial charge in [-0.05, 0) is 56.0 Å². The summed E-state index contributed by atoms with van der Waals surface area (Å²) in [5, 5.41) is 14.7. The summed E-state index contributed by atoms with van der Waals surface area (Å²) in [4.78, 5) is 7.60. The van der Waals surface area contributed by atoms with Crippen LogP contribution in [0.3, 0.4) is 0 Å². The number of H-pyrrole nitrogens is 1. The average Bonchev–Trinajstić information content (AvgIpc) is 3.21. The van der Waals surface area contributed by atoms with Crippen LogP contribution < -0.4 is 19.5 Å². The van der Waals surface area contributed by atoms with Gasteiger partial charge in [0.2, 0.25) is 0 Å². The number of aryl methyl sites for hydroxylation is 1. The molecule has 6 rings (SSSR count). The van der Waals surface area contributed by atoms with Gasteiger partial charge in [0.05, 0.1) is 25.3 Å². The molecular formula is C27H28FN3O4. The Labute approximate surface area is 202 Å². The molecule has 3 atom stereocenters. The van der Waals surface area contributed by atoms with Gasteiger partial charge in [0.1, 0.15) is 5.75 Å². The highest BCUT2D eigenvalue weighted by atomic mass is 19.1. The van der Waals surface area contributed by atoms with Crippen molar-refractivity contribution in [3.8, 4) is 23.0 Å². The number of aliphatic hydroxyl groups is 1. The van der Waals surface area contributed by atoms with E-state index in [0.29, 0.717) is 52.6 Å². The Balaban J connectivity index is 1.23. The molecule has 4 aromatic rings. The van der Waals surface area contributed by atoms with Crippen LogP contribution in [0.1, 0.15) is 18.5 Å². The number of pyridine rings is 1. The topological polar surface area (TPSA) is 88.6 Å². The van der Waals surface area contributed by atoms with Crippen LogP contribution in [0, 0.1) is 24.1 Å². The van der Waals surface area contributed by atoms with Gasteiger partial charge in [0.25, 0.3) is 0 Å². The summed E-state index contributed by atoms with van der Waals surface area (Å²) < 4.78 is 32.8. The smallest absolute Gasteiger partial charge is 0.175 e. The molecular weight excluding hydrogens is 449 g/mol. The predicted octanol–water partition coefficient (Wildman–Crippen LogP) is 4.70. The third kappa shape index (κ3) is 3.77. The zero-order valence-corrected chi connectivity index (χ0v) is 19.7. The zero-order chi connectivity index (χ0) is 24.2. The van der Waals surface area contributed by atoms with E-state index in [4.69, 9.17) is 14.2 Å². The van der Waals surface area contributed by atoms with Crippen LogP contribution in [0.5, 0.6) is 23.0 Å². The molecule has 35 heavy (non-hydrogen) atoms. The van der Waals surface area contributed by atoms with Crippen molar-refractivity contribution in [1.29, 1.82) is 0 Å². The Morgan fingerprint density at radius 1 is 1.11 bits per heavy atom.